The van der Waals surface area contributed by atoms with Crippen molar-refractivity contribution in [2.75, 3.05) is 0 Å². The number of hydrogen-bond donors (Lipinski definition) is 2. The molecule has 3 heterocycles. The third-order valence-corrected chi connectivity index (χ3v) is 5.38. The van der Waals surface area contributed by atoms with Crippen LogP contribution in [-0.4, -0.2) is 35.1 Å². The molecule has 0 spiro atoms. The molecule has 0 aliphatic carbocycles. The van der Waals surface area contributed by atoms with Gasteiger partial charge in [0.15, 0.2) is 22.6 Å². The zero-order valence-electron chi connectivity index (χ0n) is 15.1. The lowest BCUT2D eigenvalue weighted by molar-refractivity contribution is 0.401. The first-order chi connectivity index (χ1) is 13.6. The molecule has 8 nitrogen and oxygen atoms in total. The van der Waals surface area contributed by atoms with E-state index in [0.717, 1.165) is 11.0 Å². The highest BCUT2D eigenvalue weighted by Gasteiger charge is 2.22. The number of fused-ring (bicyclic) bond motifs is 1. The summed E-state index contributed by atoms with van der Waals surface area (Å²) in [5, 5.41) is 28.7. The van der Waals surface area contributed by atoms with Gasteiger partial charge in [-0.15, -0.1) is 10.2 Å². The number of H-pyrrole nitrogens is 1. The lowest BCUT2D eigenvalue weighted by atomic mass is 10.2. The standard InChI is InChI=1S/C19H16N6O2S/c1-11(28-19-24-23-18(25(19)2)15-8-5-9-27-15)16(26)12(10-20)17-21-13-6-3-4-7-14(13)22-17/h3-9,11,26H,1-2H3,(H,21,22)/b16-12-/t11-/m0/s1. The van der Waals surface area contributed by atoms with Gasteiger partial charge in [-0.25, -0.2) is 4.98 Å². The molecule has 28 heavy (non-hydrogen) atoms. The maximum Gasteiger partial charge on any atom is 0.200 e. The normalized spacial score (nSPS) is 13.3. The predicted octanol–water partition coefficient (Wildman–Crippen LogP) is 3.92. The molecule has 1 aromatic carbocycles. The minimum absolute atomic E-state index is 0.0749. The number of thioether (sulfide) groups is 1. The number of benzene rings is 1. The molecule has 140 valence electrons. The Kier molecular flexibility index (Phi) is 4.63. The van der Waals surface area contributed by atoms with Crippen LogP contribution in [0.5, 0.6) is 0 Å². The molecule has 0 bridgehead atoms. The summed E-state index contributed by atoms with van der Waals surface area (Å²) in [5.41, 5.74) is 1.63. The van der Waals surface area contributed by atoms with Gasteiger partial charge in [0, 0.05) is 7.05 Å². The molecule has 0 radical (unpaired) electrons. The van der Waals surface area contributed by atoms with Crippen molar-refractivity contribution in [1.82, 2.24) is 24.7 Å². The maximum atomic E-state index is 10.7. The molecular formula is C19H16N6O2S. The van der Waals surface area contributed by atoms with E-state index in [1.54, 1.807) is 29.9 Å². The molecule has 1 atom stereocenters. The molecule has 0 unspecified atom stereocenters. The Morgan fingerprint density at radius 2 is 2.11 bits per heavy atom. The number of aromatic amines is 1. The number of imidazole rings is 1. The van der Waals surface area contributed by atoms with Crippen molar-refractivity contribution >= 4 is 28.4 Å². The van der Waals surface area contributed by atoms with Crippen molar-refractivity contribution in [2.24, 2.45) is 7.05 Å². The molecule has 0 amide bonds. The fourth-order valence-electron chi connectivity index (χ4n) is 2.76. The fourth-order valence-corrected chi connectivity index (χ4v) is 3.64. The second-order valence-electron chi connectivity index (χ2n) is 6.08. The number of aromatic nitrogens is 5. The number of nitriles is 1. The summed E-state index contributed by atoms with van der Waals surface area (Å²) < 4.78 is 7.14. The van der Waals surface area contributed by atoms with Crippen LogP contribution in [0, 0.1) is 11.3 Å². The van der Waals surface area contributed by atoms with Crippen molar-refractivity contribution in [3.05, 3.63) is 54.2 Å². The number of para-hydroxylation sites is 2. The Labute approximate surface area is 164 Å². The van der Waals surface area contributed by atoms with E-state index in [1.807, 2.05) is 31.3 Å². The molecule has 0 aliphatic heterocycles. The first-order valence-corrected chi connectivity index (χ1v) is 9.34. The van der Waals surface area contributed by atoms with Crippen LogP contribution in [0.4, 0.5) is 0 Å². The second-order valence-corrected chi connectivity index (χ2v) is 7.39. The van der Waals surface area contributed by atoms with Gasteiger partial charge in [0.1, 0.15) is 17.4 Å². The molecule has 3 aromatic heterocycles. The van der Waals surface area contributed by atoms with Crippen molar-refractivity contribution in [1.29, 1.82) is 5.26 Å². The molecule has 2 N–H and O–H groups in total. The summed E-state index contributed by atoms with van der Waals surface area (Å²) in [6.45, 7) is 1.79. The zero-order chi connectivity index (χ0) is 19.7. The molecule has 4 aromatic rings. The first-order valence-electron chi connectivity index (χ1n) is 8.46. The number of aliphatic hydroxyl groups is 1. The average molecular weight is 392 g/mol. The van der Waals surface area contributed by atoms with E-state index in [-0.39, 0.29) is 11.3 Å². The average Bonchev–Trinajstić information content (AvgIpc) is 3.42. The van der Waals surface area contributed by atoms with Crippen LogP contribution in [-0.2, 0) is 7.05 Å². The number of aliphatic hydroxyl groups excluding tert-OH is 1. The first kappa shape index (κ1) is 17.9. The van der Waals surface area contributed by atoms with E-state index in [1.165, 1.54) is 11.8 Å². The summed E-state index contributed by atoms with van der Waals surface area (Å²) in [7, 11) is 1.82. The number of rotatable bonds is 5. The van der Waals surface area contributed by atoms with Crippen LogP contribution >= 0.6 is 11.8 Å². The van der Waals surface area contributed by atoms with E-state index in [9.17, 15) is 10.4 Å². The summed E-state index contributed by atoms with van der Waals surface area (Å²) in [5.74, 6) is 1.45. The number of allylic oxidation sites excluding steroid dienone is 1. The predicted molar refractivity (Wildman–Crippen MR) is 105 cm³/mol. The van der Waals surface area contributed by atoms with Gasteiger partial charge in [0.05, 0.1) is 22.5 Å². The van der Waals surface area contributed by atoms with Crippen LogP contribution in [0.25, 0.3) is 28.2 Å². The molecule has 0 saturated heterocycles. The molecule has 0 aliphatic rings. The van der Waals surface area contributed by atoms with E-state index in [0.29, 0.717) is 22.6 Å². The van der Waals surface area contributed by atoms with Crippen LogP contribution in [0.15, 0.2) is 58.0 Å². The highest BCUT2D eigenvalue weighted by Crippen LogP contribution is 2.31. The Morgan fingerprint density at radius 3 is 2.82 bits per heavy atom. The summed E-state index contributed by atoms with van der Waals surface area (Å²) in [6, 6.07) is 13.1. The monoisotopic (exact) mass is 392 g/mol. The van der Waals surface area contributed by atoms with Crippen molar-refractivity contribution in [2.45, 2.75) is 17.3 Å². The van der Waals surface area contributed by atoms with Gasteiger partial charge in [-0.1, -0.05) is 23.9 Å². The Hall–Kier alpha value is -3.51. The fraction of sp³-hybridized carbons (Fsp3) is 0.158. The van der Waals surface area contributed by atoms with Gasteiger partial charge in [-0.05, 0) is 31.2 Å². The lowest BCUT2D eigenvalue weighted by Crippen LogP contribution is -2.06. The van der Waals surface area contributed by atoms with Crippen LogP contribution in [0.1, 0.15) is 12.7 Å². The van der Waals surface area contributed by atoms with Gasteiger partial charge in [-0.2, -0.15) is 5.26 Å². The quantitative estimate of drug-likeness (QED) is 0.300. The van der Waals surface area contributed by atoms with Gasteiger partial charge in [-0.3, -0.25) is 0 Å². The van der Waals surface area contributed by atoms with Crippen molar-refractivity contribution < 1.29 is 9.52 Å². The zero-order valence-corrected chi connectivity index (χ0v) is 15.9. The van der Waals surface area contributed by atoms with Gasteiger partial charge < -0.3 is 19.1 Å². The third kappa shape index (κ3) is 3.14. The largest absolute Gasteiger partial charge is 0.510 e. The molecule has 0 fully saturated rings. The summed E-state index contributed by atoms with van der Waals surface area (Å²) in [4.78, 5) is 7.47. The summed E-state index contributed by atoms with van der Waals surface area (Å²) in [6.07, 6.45) is 1.57. The topological polar surface area (TPSA) is 117 Å². The van der Waals surface area contributed by atoms with Crippen LogP contribution in [0.3, 0.4) is 0 Å². The Morgan fingerprint density at radius 1 is 1.29 bits per heavy atom. The molecular weight excluding hydrogens is 376 g/mol. The number of nitrogens with one attached hydrogen (secondary N) is 1. The van der Waals surface area contributed by atoms with E-state index >= 15 is 0 Å². The van der Waals surface area contributed by atoms with Crippen molar-refractivity contribution in [3.63, 3.8) is 0 Å². The highest BCUT2D eigenvalue weighted by molar-refractivity contribution is 7.99. The van der Waals surface area contributed by atoms with E-state index < -0.39 is 5.25 Å². The Balaban J connectivity index is 1.63. The van der Waals surface area contributed by atoms with Crippen molar-refractivity contribution in [3.8, 4) is 17.7 Å². The number of furan rings is 1. The number of hydrogen-bond acceptors (Lipinski definition) is 7. The smallest absolute Gasteiger partial charge is 0.200 e. The molecule has 0 saturated carbocycles. The van der Waals surface area contributed by atoms with Gasteiger partial charge in [0.2, 0.25) is 0 Å². The molecule has 9 heteroatoms. The second kappa shape index (κ2) is 7.25. The minimum Gasteiger partial charge on any atom is -0.510 e. The SMILES string of the molecule is C[C@H](Sc1nnc(-c2ccco2)n1C)/C(O)=C(\C#N)c1nc2ccccc2[nH]1. The van der Waals surface area contributed by atoms with Crippen LogP contribution < -0.4 is 0 Å². The number of nitrogens with zero attached hydrogens (tertiary/aromatic N) is 5. The van der Waals surface area contributed by atoms with E-state index in [2.05, 4.69) is 26.2 Å². The summed E-state index contributed by atoms with van der Waals surface area (Å²) >= 11 is 1.29. The molecule has 4 rings (SSSR count). The maximum absolute atomic E-state index is 10.7. The highest BCUT2D eigenvalue weighted by atomic mass is 32.2. The Bertz CT molecular complexity index is 1170. The van der Waals surface area contributed by atoms with Gasteiger partial charge in [0.25, 0.3) is 0 Å². The minimum atomic E-state index is -0.435. The third-order valence-electron chi connectivity index (χ3n) is 4.24. The van der Waals surface area contributed by atoms with Gasteiger partial charge >= 0.3 is 0 Å². The van der Waals surface area contributed by atoms with E-state index in [4.69, 9.17) is 4.42 Å². The lowest BCUT2D eigenvalue weighted by Gasteiger charge is -2.11. The van der Waals surface area contributed by atoms with Crippen LogP contribution in [0.2, 0.25) is 0 Å².